The van der Waals surface area contributed by atoms with Crippen molar-refractivity contribution in [3.63, 3.8) is 0 Å². The highest BCUT2D eigenvalue weighted by Crippen LogP contribution is 2.34. The lowest BCUT2D eigenvalue weighted by atomic mass is 10.2. The molecule has 2 N–H and O–H groups in total. The molecule has 4 rings (SSSR count). The minimum absolute atomic E-state index is 0.0328. The number of anilines is 1. The molecule has 0 saturated carbocycles. The zero-order valence-corrected chi connectivity index (χ0v) is 18.5. The van der Waals surface area contributed by atoms with Crippen LogP contribution in [0.25, 0.3) is 0 Å². The second-order valence-corrected chi connectivity index (χ2v) is 9.01. The number of nitrogens with zero attached hydrogens (tertiary/aromatic N) is 2. The van der Waals surface area contributed by atoms with Crippen LogP contribution in [-0.4, -0.2) is 45.4 Å². The highest BCUT2D eigenvalue weighted by Gasteiger charge is 2.29. The number of benzene rings is 3. The molecule has 3 aromatic rings. The van der Waals surface area contributed by atoms with Gasteiger partial charge in [0.1, 0.15) is 31.3 Å². The highest BCUT2D eigenvalue weighted by molar-refractivity contribution is 7.92. The lowest BCUT2D eigenvalue weighted by Gasteiger charge is -2.25. The smallest absolute Gasteiger partial charge is 0.264 e. The Kier molecular flexibility index (Phi) is 6.64. The summed E-state index contributed by atoms with van der Waals surface area (Å²) in [4.78, 5) is 12.4. The number of para-hydroxylation sites is 1. The van der Waals surface area contributed by atoms with E-state index < -0.39 is 28.3 Å². The number of aromatic hydroxyl groups is 1. The van der Waals surface area contributed by atoms with E-state index in [0.29, 0.717) is 17.9 Å². The molecule has 0 saturated heterocycles. The summed E-state index contributed by atoms with van der Waals surface area (Å²) < 4.78 is 52.1. The SMILES string of the molecule is O=C(CN(c1ccc(F)cc1)S(=O)(=O)c1ccc2c(c1)OCCO2)N/N=C/c1ccccc1O. The topological polar surface area (TPSA) is 118 Å². The molecule has 0 spiro atoms. The first-order chi connectivity index (χ1) is 16.3. The molecule has 0 atom stereocenters. The monoisotopic (exact) mass is 485 g/mol. The third-order valence-corrected chi connectivity index (χ3v) is 6.60. The molecule has 0 aliphatic carbocycles. The molecular weight excluding hydrogens is 465 g/mol. The van der Waals surface area contributed by atoms with Crippen molar-refractivity contribution in [1.29, 1.82) is 0 Å². The number of hydrogen-bond acceptors (Lipinski definition) is 7. The Labute approximate surface area is 195 Å². The molecule has 1 aliphatic rings. The van der Waals surface area contributed by atoms with E-state index in [1.54, 1.807) is 18.2 Å². The lowest BCUT2D eigenvalue weighted by molar-refractivity contribution is -0.119. The van der Waals surface area contributed by atoms with E-state index in [4.69, 9.17) is 9.47 Å². The maximum absolute atomic E-state index is 13.5. The van der Waals surface area contributed by atoms with Gasteiger partial charge in [-0.3, -0.25) is 9.10 Å². The van der Waals surface area contributed by atoms with Gasteiger partial charge in [-0.15, -0.1) is 0 Å². The van der Waals surface area contributed by atoms with Gasteiger partial charge in [0.15, 0.2) is 11.5 Å². The van der Waals surface area contributed by atoms with E-state index in [-0.39, 0.29) is 28.7 Å². The van der Waals surface area contributed by atoms with Crippen molar-refractivity contribution >= 4 is 27.8 Å². The van der Waals surface area contributed by atoms with Crippen LogP contribution in [0.3, 0.4) is 0 Å². The number of fused-ring (bicyclic) bond motifs is 1. The summed E-state index contributed by atoms with van der Waals surface area (Å²) in [6.07, 6.45) is 1.23. The molecule has 0 aromatic heterocycles. The van der Waals surface area contributed by atoms with Gasteiger partial charge in [-0.05, 0) is 48.5 Å². The average molecular weight is 485 g/mol. The summed E-state index contributed by atoms with van der Waals surface area (Å²) in [6, 6.07) is 15.2. The third-order valence-electron chi connectivity index (χ3n) is 4.83. The number of carbonyl (C=O) groups excluding carboxylic acids is 1. The van der Waals surface area contributed by atoms with Crippen molar-refractivity contribution in [3.05, 3.63) is 78.1 Å². The van der Waals surface area contributed by atoms with Crippen molar-refractivity contribution < 1.29 is 32.2 Å². The van der Waals surface area contributed by atoms with Crippen LogP contribution in [0, 0.1) is 5.82 Å². The number of ether oxygens (including phenoxy) is 2. The number of amides is 1. The number of sulfonamides is 1. The van der Waals surface area contributed by atoms with Crippen LogP contribution in [0.1, 0.15) is 5.56 Å². The fraction of sp³-hybridized carbons (Fsp3) is 0.130. The standard InChI is InChI=1S/C23H20FN3O6S/c24-17-5-7-18(8-6-17)27(15-23(29)26-25-14-16-3-1-2-4-20(16)28)34(30,31)19-9-10-21-22(13-19)33-12-11-32-21/h1-10,13-14,28H,11-12,15H2,(H,26,29)/b25-14+. The number of rotatable bonds is 7. The van der Waals surface area contributed by atoms with Crippen LogP contribution >= 0.6 is 0 Å². The minimum atomic E-state index is -4.26. The molecule has 0 bridgehead atoms. The summed E-state index contributed by atoms with van der Waals surface area (Å²) in [7, 11) is -4.26. The number of carbonyl (C=O) groups is 1. The Balaban J connectivity index is 1.60. The predicted molar refractivity (Wildman–Crippen MR) is 122 cm³/mol. The van der Waals surface area contributed by atoms with Crippen molar-refractivity contribution in [2.75, 3.05) is 24.1 Å². The zero-order valence-electron chi connectivity index (χ0n) is 17.7. The molecule has 11 heteroatoms. The fourth-order valence-corrected chi connectivity index (χ4v) is 4.61. The molecule has 34 heavy (non-hydrogen) atoms. The van der Waals surface area contributed by atoms with E-state index in [1.165, 1.54) is 42.6 Å². The Morgan fingerprint density at radius 2 is 1.76 bits per heavy atom. The van der Waals surface area contributed by atoms with Crippen LogP contribution in [0.4, 0.5) is 10.1 Å². The number of hydrogen-bond donors (Lipinski definition) is 2. The summed E-state index contributed by atoms with van der Waals surface area (Å²) >= 11 is 0. The predicted octanol–water partition coefficient (Wildman–Crippen LogP) is 2.65. The van der Waals surface area contributed by atoms with Crippen molar-refractivity contribution in [3.8, 4) is 17.2 Å². The van der Waals surface area contributed by atoms with E-state index >= 15 is 0 Å². The summed E-state index contributed by atoms with van der Waals surface area (Å²) in [5.74, 6) is -0.665. The van der Waals surface area contributed by atoms with Gasteiger partial charge in [-0.25, -0.2) is 18.2 Å². The summed E-state index contributed by atoms with van der Waals surface area (Å²) in [5.41, 5.74) is 2.68. The van der Waals surface area contributed by atoms with Crippen LogP contribution in [-0.2, 0) is 14.8 Å². The van der Waals surface area contributed by atoms with Gasteiger partial charge in [-0.2, -0.15) is 5.10 Å². The zero-order chi connectivity index (χ0) is 24.1. The second-order valence-electron chi connectivity index (χ2n) is 7.15. The first kappa shape index (κ1) is 23.1. The normalized spacial score (nSPS) is 13.0. The Morgan fingerprint density at radius 3 is 2.50 bits per heavy atom. The van der Waals surface area contributed by atoms with Gasteiger partial charge in [0.2, 0.25) is 0 Å². The molecule has 1 aliphatic heterocycles. The maximum Gasteiger partial charge on any atom is 0.264 e. The number of phenolic OH excluding ortho intramolecular Hbond substituents is 1. The van der Waals surface area contributed by atoms with Gasteiger partial charge < -0.3 is 14.6 Å². The molecular formula is C23H20FN3O6S. The number of phenols is 1. The molecule has 0 radical (unpaired) electrons. The molecule has 1 amide bonds. The van der Waals surface area contributed by atoms with Gasteiger partial charge in [-0.1, -0.05) is 12.1 Å². The van der Waals surface area contributed by atoms with Crippen molar-refractivity contribution in [1.82, 2.24) is 5.43 Å². The maximum atomic E-state index is 13.5. The first-order valence-electron chi connectivity index (χ1n) is 10.1. The largest absolute Gasteiger partial charge is 0.507 e. The minimum Gasteiger partial charge on any atom is -0.507 e. The van der Waals surface area contributed by atoms with E-state index in [9.17, 15) is 22.7 Å². The van der Waals surface area contributed by atoms with Crippen molar-refractivity contribution in [2.45, 2.75) is 4.90 Å². The molecule has 0 fully saturated rings. The van der Waals surface area contributed by atoms with E-state index in [2.05, 4.69) is 10.5 Å². The molecule has 9 nitrogen and oxygen atoms in total. The Morgan fingerprint density at radius 1 is 1.06 bits per heavy atom. The number of halogens is 1. The number of nitrogens with one attached hydrogen (secondary N) is 1. The van der Waals surface area contributed by atoms with Crippen LogP contribution in [0.2, 0.25) is 0 Å². The van der Waals surface area contributed by atoms with E-state index in [1.807, 2.05) is 0 Å². The van der Waals surface area contributed by atoms with E-state index in [0.717, 1.165) is 16.4 Å². The molecule has 0 unspecified atom stereocenters. The van der Waals surface area contributed by atoms with Crippen LogP contribution in [0.15, 0.2) is 76.7 Å². The number of hydrazone groups is 1. The summed E-state index contributed by atoms with van der Waals surface area (Å²) in [6.45, 7) is -0.0156. The van der Waals surface area contributed by atoms with Gasteiger partial charge in [0.05, 0.1) is 16.8 Å². The van der Waals surface area contributed by atoms with Crippen molar-refractivity contribution in [2.24, 2.45) is 5.10 Å². The lowest BCUT2D eigenvalue weighted by Crippen LogP contribution is -2.39. The quantitative estimate of drug-likeness (QED) is 0.393. The molecule has 3 aromatic carbocycles. The average Bonchev–Trinajstić information content (AvgIpc) is 2.84. The Hall–Kier alpha value is -4.12. The second kappa shape index (κ2) is 9.79. The van der Waals surface area contributed by atoms with Gasteiger partial charge in [0.25, 0.3) is 15.9 Å². The molecule has 1 heterocycles. The third kappa shape index (κ3) is 5.09. The molecule has 176 valence electrons. The highest BCUT2D eigenvalue weighted by atomic mass is 32.2. The van der Waals surface area contributed by atoms with Crippen LogP contribution in [0.5, 0.6) is 17.2 Å². The first-order valence-corrected chi connectivity index (χ1v) is 11.6. The fourth-order valence-electron chi connectivity index (χ4n) is 3.17. The Bertz CT molecular complexity index is 1330. The summed E-state index contributed by atoms with van der Waals surface area (Å²) in [5, 5.41) is 13.5. The van der Waals surface area contributed by atoms with Crippen LogP contribution < -0.4 is 19.2 Å². The van der Waals surface area contributed by atoms with Gasteiger partial charge >= 0.3 is 0 Å². The van der Waals surface area contributed by atoms with Gasteiger partial charge in [0, 0.05) is 11.6 Å².